The van der Waals surface area contributed by atoms with Crippen LogP contribution in [0.15, 0.2) is 42.6 Å². The number of halogens is 4. The second-order valence-corrected chi connectivity index (χ2v) is 13.1. The fourth-order valence-electron chi connectivity index (χ4n) is 6.13. The van der Waals surface area contributed by atoms with Crippen molar-refractivity contribution in [2.24, 2.45) is 0 Å². The van der Waals surface area contributed by atoms with Crippen LogP contribution in [0, 0.1) is 0 Å². The number of anilines is 3. The number of hydrogen-bond donors (Lipinski definition) is 3. The van der Waals surface area contributed by atoms with Gasteiger partial charge < -0.3 is 25.4 Å². The number of hydrogen-bond acceptors (Lipinski definition) is 7. The number of ether oxygens (including phenoxy) is 1. The number of β-amino-alcohol motifs (C(OH)–C–C–N with tert-alkyl or cyclic N) is 1. The summed E-state index contributed by atoms with van der Waals surface area (Å²) in [5, 5.41) is 16.3. The largest absolute Gasteiger partial charge is 0.573 e. The molecule has 1 fully saturated rings. The molecule has 5 rings (SSSR count). The summed E-state index contributed by atoms with van der Waals surface area (Å²) in [7, 11) is 0. The molecule has 0 spiro atoms. The van der Waals surface area contributed by atoms with E-state index in [0.717, 1.165) is 48.3 Å². The van der Waals surface area contributed by atoms with E-state index < -0.39 is 17.4 Å². The molecule has 3 heterocycles. The molecular formula is C32H37ClF3N5O3. The first-order valence-corrected chi connectivity index (χ1v) is 15.0. The molecule has 3 aromatic rings. The summed E-state index contributed by atoms with van der Waals surface area (Å²) in [5.41, 5.74) is 2.56. The molecule has 3 N–H and O–H groups in total. The first kappa shape index (κ1) is 32.0. The Morgan fingerprint density at radius 1 is 1.16 bits per heavy atom. The molecule has 0 radical (unpaired) electrons. The summed E-state index contributed by atoms with van der Waals surface area (Å²) in [6.07, 6.45) is -1.00. The minimum absolute atomic E-state index is 0.0611. The van der Waals surface area contributed by atoms with Gasteiger partial charge in [0.05, 0.1) is 33.6 Å². The Hall–Kier alpha value is -3.41. The lowest BCUT2D eigenvalue weighted by Crippen LogP contribution is -2.42. The average molecular weight is 632 g/mol. The number of aliphatic hydroxyl groups is 1. The number of nitrogens with zero attached hydrogens (tertiary/aromatic N) is 3. The predicted octanol–water partition coefficient (Wildman–Crippen LogP) is 6.74. The number of alkyl halides is 3. The molecule has 236 valence electrons. The topological polar surface area (TPSA) is 99.6 Å². The smallest absolute Gasteiger partial charge is 0.404 e. The molecule has 0 atom stereocenters. The number of carbonyl (C=O) groups is 1. The monoisotopic (exact) mass is 631 g/mol. The molecule has 1 saturated heterocycles. The van der Waals surface area contributed by atoms with Gasteiger partial charge in [-0.1, -0.05) is 29.8 Å². The Labute approximate surface area is 260 Å². The quantitative estimate of drug-likeness (QED) is 0.241. The zero-order valence-electron chi connectivity index (χ0n) is 25.2. The van der Waals surface area contributed by atoms with Crippen LogP contribution in [0.1, 0.15) is 68.8 Å². The van der Waals surface area contributed by atoms with Gasteiger partial charge in [-0.15, -0.1) is 13.2 Å². The molecule has 1 aromatic heterocycles. The lowest BCUT2D eigenvalue weighted by Gasteiger charge is -2.35. The number of nitrogens with one attached hydrogen (secondary N) is 2. The highest BCUT2D eigenvalue weighted by molar-refractivity contribution is 6.31. The Morgan fingerprint density at radius 2 is 1.89 bits per heavy atom. The van der Waals surface area contributed by atoms with Gasteiger partial charge >= 0.3 is 6.36 Å². The average Bonchev–Trinajstić information content (AvgIpc) is 3.16. The Bertz CT molecular complexity index is 1530. The van der Waals surface area contributed by atoms with Crippen LogP contribution in [0.4, 0.5) is 30.5 Å². The number of rotatable bonds is 9. The SMILES string of the molecule is CC(C)(O)CN1CCC(c2ccc(Nc3ncc(Cl)c(CCc4cccc5c4C(C)(C)C(=O)N5)n3)c(OC(F)(F)F)c2)CC1. The number of likely N-dealkylation sites (tertiary alicyclic amines) is 1. The molecule has 8 nitrogen and oxygen atoms in total. The van der Waals surface area contributed by atoms with E-state index in [9.17, 15) is 23.1 Å². The second kappa shape index (κ2) is 12.2. The van der Waals surface area contributed by atoms with E-state index >= 15 is 0 Å². The van der Waals surface area contributed by atoms with Gasteiger partial charge in [-0.3, -0.25) is 4.79 Å². The fraction of sp³-hybridized carbons (Fsp3) is 0.469. The van der Waals surface area contributed by atoms with Gasteiger partial charge in [0.25, 0.3) is 0 Å². The molecule has 0 unspecified atom stereocenters. The third kappa shape index (κ3) is 7.44. The van der Waals surface area contributed by atoms with Gasteiger partial charge in [-0.05, 0) is 107 Å². The van der Waals surface area contributed by atoms with Gasteiger partial charge in [0, 0.05) is 12.2 Å². The van der Waals surface area contributed by atoms with E-state index in [-0.39, 0.29) is 29.2 Å². The van der Waals surface area contributed by atoms with Gasteiger partial charge in [-0.25, -0.2) is 9.97 Å². The molecule has 2 aromatic carbocycles. The third-order valence-corrected chi connectivity index (χ3v) is 8.50. The number of fused-ring (bicyclic) bond motifs is 1. The summed E-state index contributed by atoms with van der Waals surface area (Å²) in [5.74, 6) is -0.288. The summed E-state index contributed by atoms with van der Waals surface area (Å²) in [4.78, 5) is 23.4. The van der Waals surface area contributed by atoms with Crippen LogP contribution in [0.5, 0.6) is 5.75 Å². The lowest BCUT2D eigenvalue weighted by molar-refractivity contribution is -0.274. The number of amides is 1. The van der Waals surface area contributed by atoms with Gasteiger partial charge in [0.1, 0.15) is 0 Å². The van der Waals surface area contributed by atoms with Crippen molar-refractivity contribution in [1.82, 2.24) is 14.9 Å². The minimum atomic E-state index is -4.89. The van der Waals surface area contributed by atoms with Crippen molar-refractivity contribution in [2.75, 3.05) is 30.3 Å². The van der Waals surface area contributed by atoms with Crippen LogP contribution in [0.25, 0.3) is 0 Å². The highest BCUT2D eigenvalue weighted by atomic mass is 35.5. The summed E-state index contributed by atoms with van der Waals surface area (Å²) < 4.78 is 44.8. The Morgan fingerprint density at radius 3 is 2.57 bits per heavy atom. The number of aryl methyl sites for hydroxylation is 2. The van der Waals surface area contributed by atoms with Gasteiger partial charge in [-0.2, -0.15) is 0 Å². The van der Waals surface area contributed by atoms with Crippen LogP contribution in [0.2, 0.25) is 5.02 Å². The standard InChI is InChI=1S/C32H37ClF3N5O3/c1-30(2,43)18-41-14-12-19(13-15-41)21-9-11-24(26(16-21)44-32(34,35)36)40-29-37-17-22(33)23(39-29)10-8-20-6-5-7-25-27(20)31(3,4)28(42)38-25/h5-7,9,11,16-17,19,43H,8,10,12-15,18H2,1-4H3,(H,38,42)(H,37,39,40). The molecule has 44 heavy (non-hydrogen) atoms. The van der Waals surface area contributed by atoms with Crippen LogP contribution in [0.3, 0.4) is 0 Å². The first-order chi connectivity index (χ1) is 20.6. The number of piperidine rings is 1. The predicted molar refractivity (Wildman–Crippen MR) is 164 cm³/mol. The van der Waals surface area contributed by atoms with Crippen molar-refractivity contribution in [3.05, 3.63) is 70.0 Å². The molecule has 12 heteroatoms. The lowest BCUT2D eigenvalue weighted by atomic mass is 9.82. The number of benzene rings is 2. The third-order valence-electron chi connectivity index (χ3n) is 8.19. The van der Waals surface area contributed by atoms with Gasteiger partial charge in [0.2, 0.25) is 11.9 Å². The zero-order valence-corrected chi connectivity index (χ0v) is 25.9. The second-order valence-electron chi connectivity index (χ2n) is 12.7. The molecule has 0 bridgehead atoms. The van der Waals surface area contributed by atoms with E-state index in [1.165, 1.54) is 12.3 Å². The number of carbonyl (C=O) groups excluding carboxylic acids is 1. The van der Waals surface area contributed by atoms with Crippen LogP contribution in [-0.4, -0.2) is 57.5 Å². The van der Waals surface area contributed by atoms with E-state index in [1.807, 2.05) is 32.0 Å². The van der Waals surface area contributed by atoms with Gasteiger partial charge in [0.15, 0.2) is 5.75 Å². The molecular weight excluding hydrogens is 595 g/mol. The van der Waals surface area contributed by atoms with Crippen LogP contribution in [-0.2, 0) is 23.1 Å². The summed E-state index contributed by atoms with van der Waals surface area (Å²) in [6.45, 7) is 9.29. The summed E-state index contributed by atoms with van der Waals surface area (Å²) in [6, 6.07) is 10.5. The van der Waals surface area contributed by atoms with Crippen LogP contribution < -0.4 is 15.4 Å². The summed E-state index contributed by atoms with van der Waals surface area (Å²) >= 11 is 6.42. The Kier molecular flexibility index (Phi) is 8.85. The normalized spacial score (nSPS) is 17.3. The van der Waals surface area contributed by atoms with Crippen molar-refractivity contribution in [3.8, 4) is 5.75 Å². The minimum Gasteiger partial charge on any atom is -0.404 e. The maximum absolute atomic E-state index is 13.4. The fourth-order valence-corrected chi connectivity index (χ4v) is 6.32. The van der Waals surface area contributed by atoms with Crippen molar-refractivity contribution in [2.45, 2.75) is 76.7 Å². The molecule has 2 aliphatic rings. The molecule has 2 aliphatic heterocycles. The van der Waals surface area contributed by atoms with Crippen molar-refractivity contribution >= 4 is 34.8 Å². The van der Waals surface area contributed by atoms with E-state index in [0.29, 0.717) is 30.1 Å². The highest BCUT2D eigenvalue weighted by Gasteiger charge is 2.40. The van der Waals surface area contributed by atoms with Crippen molar-refractivity contribution in [1.29, 1.82) is 0 Å². The van der Waals surface area contributed by atoms with E-state index in [2.05, 4.69) is 30.2 Å². The van der Waals surface area contributed by atoms with E-state index in [4.69, 9.17) is 11.6 Å². The zero-order chi connectivity index (χ0) is 31.9. The first-order valence-electron chi connectivity index (χ1n) is 14.7. The maximum Gasteiger partial charge on any atom is 0.573 e. The number of aromatic nitrogens is 2. The highest BCUT2D eigenvalue weighted by Crippen LogP contribution is 2.41. The Balaban J connectivity index is 1.33. The van der Waals surface area contributed by atoms with Crippen molar-refractivity contribution < 1.29 is 27.8 Å². The molecule has 1 amide bonds. The van der Waals surface area contributed by atoms with E-state index in [1.54, 1.807) is 26.0 Å². The molecule has 0 saturated carbocycles. The van der Waals surface area contributed by atoms with Crippen molar-refractivity contribution in [3.63, 3.8) is 0 Å². The maximum atomic E-state index is 13.4. The molecule has 0 aliphatic carbocycles. The van der Waals surface area contributed by atoms with Crippen LogP contribution >= 0.6 is 11.6 Å².